The Balaban J connectivity index is 5.08. The molecule has 1 atom stereocenters. The van der Waals surface area contributed by atoms with Gasteiger partial charge in [-0.05, 0) is 12.3 Å². The van der Waals surface area contributed by atoms with Crippen LogP contribution in [0.1, 0.15) is 27.2 Å². The van der Waals surface area contributed by atoms with Crippen LogP contribution in [0.15, 0.2) is 5.16 Å². The normalized spacial score (nSPS) is 13.2. The average molecular weight is 272 g/mol. The van der Waals surface area contributed by atoms with Gasteiger partial charge >= 0.3 is 0 Å². The molecule has 0 aliphatic carbocycles. The molecule has 0 rings (SSSR count). The summed E-state index contributed by atoms with van der Waals surface area (Å²) >= 11 is 0. The molecule has 4 N–H and O–H groups in total. The van der Waals surface area contributed by atoms with E-state index in [-0.39, 0.29) is 30.1 Å². The number of hydrogen-bond donors (Lipinski definition) is 3. The minimum absolute atomic E-state index is 0.0227. The zero-order chi connectivity index (χ0) is 15.0. The number of carbonyl (C=O) groups is 2. The first kappa shape index (κ1) is 17.2. The van der Waals surface area contributed by atoms with Crippen molar-refractivity contribution < 1.29 is 14.8 Å². The molecule has 0 aliphatic rings. The molecule has 0 saturated carbocycles. The van der Waals surface area contributed by atoms with Crippen molar-refractivity contribution in [1.82, 2.24) is 10.2 Å². The number of amides is 2. The van der Waals surface area contributed by atoms with E-state index in [1.54, 1.807) is 0 Å². The summed E-state index contributed by atoms with van der Waals surface area (Å²) < 4.78 is 0. The number of nitrogens with two attached hydrogens (primary N) is 1. The van der Waals surface area contributed by atoms with Crippen LogP contribution in [0.5, 0.6) is 0 Å². The van der Waals surface area contributed by atoms with Crippen LogP contribution in [-0.4, -0.2) is 47.9 Å². The predicted molar refractivity (Wildman–Crippen MR) is 72.7 cm³/mol. The summed E-state index contributed by atoms with van der Waals surface area (Å²) in [5, 5.41) is 14.2. The van der Waals surface area contributed by atoms with E-state index in [0.29, 0.717) is 6.54 Å². The molecule has 1 unspecified atom stereocenters. The van der Waals surface area contributed by atoms with Gasteiger partial charge in [-0.15, -0.1) is 0 Å². The van der Waals surface area contributed by atoms with Gasteiger partial charge in [0.2, 0.25) is 11.8 Å². The van der Waals surface area contributed by atoms with Crippen LogP contribution < -0.4 is 11.1 Å². The Kier molecular flexibility index (Phi) is 7.55. The summed E-state index contributed by atoms with van der Waals surface area (Å²) in [6.07, 6.45) is 0.726. The summed E-state index contributed by atoms with van der Waals surface area (Å²) in [4.78, 5) is 25.3. The lowest BCUT2D eigenvalue weighted by molar-refractivity contribution is -0.138. The Hall–Kier alpha value is -1.79. The highest BCUT2D eigenvalue weighted by atomic mass is 16.4. The van der Waals surface area contributed by atoms with Crippen LogP contribution in [0, 0.1) is 11.8 Å². The molecular weight excluding hydrogens is 248 g/mol. The van der Waals surface area contributed by atoms with Gasteiger partial charge in [0, 0.05) is 13.6 Å². The van der Waals surface area contributed by atoms with Crippen LogP contribution >= 0.6 is 0 Å². The van der Waals surface area contributed by atoms with E-state index in [4.69, 9.17) is 10.9 Å². The molecule has 110 valence electrons. The molecule has 0 bridgehead atoms. The van der Waals surface area contributed by atoms with Crippen molar-refractivity contribution in [1.29, 1.82) is 0 Å². The molecule has 19 heavy (non-hydrogen) atoms. The topological polar surface area (TPSA) is 108 Å². The van der Waals surface area contributed by atoms with Gasteiger partial charge in [0.15, 0.2) is 5.84 Å². The Morgan fingerprint density at radius 1 is 1.42 bits per heavy atom. The Labute approximate surface area is 113 Å². The largest absolute Gasteiger partial charge is 0.409 e. The summed E-state index contributed by atoms with van der Waals surface area (Å²) in [6.45, 7) is 5.96. The predicted octanol–water partition coefficient (Wildman–Crippen LogP) is -0.0104. The van der Waals surface area contributed by atoms with Crippen LogP contribution in [0.25, 0.3) is 0 Å². The molecule has 0 radical (unpaired) electrons. The zero-order valence-electron chi connectivity index (χ0n) is 12.0. The molecule has 0 aliphatic heterocycles. The van der Waals surface area contributed by atoms with Crippen molar-refractivity contribution in [2.24, 2.45) is 22.7 Å². The number of rotatable bonds is 7. The van der Waals surface area contributed by atoms with Gasteiger partial charge in [-0.3, -0.25) is 9.59 Å². The fourth-order valence-corrected chi connectivity index (χ4v) is 1.80. The van der Waals surface area contributed by atoms with Crippen LogP contribution in [-0.2, 0) is 9.59 Å². The van der Waals surface area contributed by atoms with Crippen molar-refractivity contribution in [3.63, 3.8) is 0 Å². The number of nitrogens with one attached hydrogen (secondary N) is 1. The molecule has 7 heteroatoms. The van der Waals surface area contributed by atoms with E-state index in [0.717, 1.165) is 6.42 Å². The second kappa shape index (κ2) is 8.34. The maximum absolute atomic E-state index is 12.4. The highest BCUT2D eigenvalue weighted by molar-refractivity contribution is 6.03. The van der Waals surface area contributed by atoms with Crippen molar-refractivity contribution in [3.05, 3.63) is 0 Å². The first-order chi connectivity index (χ1) is 8.88. The summed E-state index contributed by atoms with van der Waals surface area (Å²) in [5.41, 5.74) is 5.57. The smallest absolute Gasteiger partial charge is 0.239 e. The minimum Gasteiger partial charge on any atom is -0.409 e. The molecule has 0 spiro atoms. The Morgan fingerprint density at radius 2 is 2.00 bits per heavy atom. The highest BCUT2D eigenvalue weighted by Gasteiger charge is 2.31. The molecule has 0 heterocycles. The zero-order valence-corrected chi connectivity index (χ0v) is 12.0. The molecule has 7 nitrogen and oxygen atoms in total. The number of nitrogens with zero attached hydrogens (tertiary/aromatic N) is 2. The van der Waals surface area contributed by atoms with Gasteiger partial charge < -0.3 is 21.2 Å². The molecule has 0 fully saturated rings. The quantitative estimate of drug-likeness (QED) is 0.262. The molecule has 2 amide bonds. The lowest BCUT2D eigenvalue weighted by Crippen LogP contribution is -2.47. The first-order valence-electron chi connectivity index (χ1n) is 6.35. The fourth-order valence-electron chi connectivity index (χ4n) is 1.80. The maximum Gasteiger partial charge on any atom is 0.239 e. The number of likely N-dealkylation sites (N-methyl/N-ethyl adjacent to an activating group) is 1. The van der Waals surface area contributed by atoms with Gasteiger partial charge in [-0.2, -0.15) is 0 Å². The van der Waals surface area contributed by atoms with Crippen LogP contribution in [0.3, 0.4) is 0 Å². The maximum atomic E-state index is 12.4. The van der Waals surface area contributed by atoms with E-state index in [2.05, 4.69) is 10.5 Å². The van der Waals surface area contributed by atoms with Gasteiger partial charge in [0.25, 0.3) is 0 Å². The lowest BCUT2D eigenvalue weighted by Gasteiger charge is -2.27. The van der Waals surface area contributed by atoms with E-state index >= 15 is 0 Å². The Bertz CT molecular complexity index is 342. The summed E-state index contributed by atoms with van der Waals surface area (Å²) in [5.74, 6) is -1.51. The molecule has 0 aromatic rings. The van der Waals surface area contributed by atoms with Crippen molar-refractivity contribution in [2.45, 2.75) is 27.2 Å². The van der Waals surface area contributed by atoms with Crippen molar-refractivity contribution in [2.75, 3.05) is 20.1 Å². The number of carbonyl (C=O) groups excluding carboxylic acids is 2. The second-order valence-electron chi connectivity index (χ2n) is 4.68. The molecular formula is C12H24N4O3. The molecule has 0 aromatic carbocycles. The average Bonchev–Trinajstić information content (AvgIpc) is 2.37. The van der Waals surface area contributed by atoms with Gasteiger partial charge in [-0.25, -0.2) is 0 Å². The monoisotopic (exact) mass is 272 g/mol. The van der Waals surface area contributed by atoms with Crippen LogP contribution in [0.4, 0.5) is 0 Å². The lowest BCUT2D eigenvalue weighted by atomic mass is 9.93. The summed E-state index contributed by atoms with van der Waals surface area (Å²) in [7, 11) is 1.51. The summed E-state index contributed by atoms with van der Waals surface area (Å²) in [6, 6.07) is 0. The fraction of sp³-hybridized carbons (Fsp3) is 0.750. The molecule has 0 aromatic heterocycles. The van der Waals surface area contributed by atoms with Crippen molar-refractivity contribution >= 4 is 17.6 Å². The first-order valence-corrected chi connectivity index (χ1v) is 6.35. The number of oxime groups is 1. The standard InChI is InChI=1S/C12H24N4O3/c1-5-6-16(7-9(17)14-4)12(18)10(8(2)3)11(13)15-19/h8,10,19H,5-7H2,1-4H3,(H2,13,15)(H,14,17). The van der Waals surface area contributed by atoms with Gasteiger partial charge in [0.1, 0.15) is 5.92 Å². The Morgan fingerprint density at radius 3 is 2.37 bits per heavy atom. The van der Waals surface area contributed by atoms with Crippen molar-refractivity contribution in [3.8, 4) is 0 Å². The van der Waals surface area contributed by atoms with Gasteiger partial charge in [-0.1, -0.05) is 25.9 Å². The van der Waals surface area contributed by atoms with E-state index in [9.17, 15) is 9.59 Å². The number of amidine groups is 1. The number of hydrogen-bond acceptors (Lipinski definition) is 4. The highest BCUT2D eigenvalue weighted by Crippen LogP contribution is 2.15. The van der Waals surface area contributed by atoms with E-state index < -0.39 is 5.92 Å². The van der Waals surface area contributed by atoms with Crippen LogP contribution in [0.2, 0.25) is 0 Å². The third-order valence-corrected chi connectivity index (χ3v) is 2.79. The SMILES string of the molecule is CCCN(CC(=O)NC)C(=O)C(C(N)=NO)C(C)C. The third-order valence-electron chi connectivity index (χ3n) is 2.79. The van der Waals surface area contributed by atoms with Gasteiger partial charge in [0.05, 0.1) is 6.54 Å². The second-order valence-corrected chi connectivity index (χ2v) is 4.68. The van der Waals surface area contributed by atoms with E-state index in [1.807, 2.05) is 20.8 Å². The molecule has 0 saturated heterocycles. The van der Waals surface area contributed by atoms with E-state index in [1.165, 1.54) is 11.9 Å². The minimum atomic E-state index is -0.721. The third kappa shape index (κ3) is 5.15.